The smallest absolute Gasteiger partial charge is 0.258 e. The number of carbonyl (C=O) groups excluding carboxylic acids is 1. The number of ether oxygens (including phenoxy) is 1. The summed E-state index contributed by atoms with van der Waals surface area (Å²) < 4.78 is 6.43. The predicted octanol–water partition coefficient (Wildman–Crippen LogP) is 4.27. The Balaban J connectivity index is 1.83. The lowest BCUT2D eigenvalue weighted by atomic mass is 10.0. The number of hydrogen-bond donors (Lipinski definition) is 1. The Bertz CT molecular complexity index is 626. The minimum atomic E-state index is -0.135. The number of amides is 1. The molecule has 0 saturated heterocycles. The first-order valence-electron chi connectivity index (χ1n) is 7.29. The molecule has 0 atom stereocenters. The van der Waals surface area contributed by atoms with Crippen LogP contribution >= 0.6 is 15.9 Å². The molecular weight excluding hydrogens is 342 g/mol. The van der Waals surface area contributed by atoms with Crippen molar-refractivity contribution in [3.8, 4) is 5.75 Å². The molecule has 0 unspecified atom stereocenters. The second-order valence-corrected chi connectivity index (χ2v) is 6.25. The van der Waals surface area contributed by atoms with Crippen molar-refractivity contribution in [1.82, 2.24) is 5.32 Å². The van der Waals surface area contributed by atoms with Crippen molar-refractivity contribution in [2.24, 2.45) is 0 Å². The molecule has 2 rings (SSSR count). The summed E-state index contributed by atoms with van der Waals surface area (Å²) in [6, 6.07) is 15.7. The molecule has 4 heteroatoms. The molecule has 2 aromatic rings. The second-order valence-electron chi connectivity index (χ2n) is 5.40. The Morgan fingerprint density at radius 3 is 2.55 bits per heavy atom. The van der Waals surface area contributed by atoms with Crippen LogP contribution in [0.2, 0.25) is 0 Å². The zero-order valence-corrected chi connectivity index (χ0v) is 14.4. The highest BCUT2D eigenvalue weighted by Crippen LogP contribution is 2.28. The second kappa shape index (κ2) is 7.99. The van der Waals surface area contributed by atoms with E-state index in [1.807, 2.05) is 48.5 Å². The third-order valence-electron chi connectivity index (χ3n) is 3.31. The van der Waals surface area contributed by atoms with Crippen molar-refractivity contribution in [3.05, 3.63) is 64.1 Å². The summed E-state index contributed by atoms with van der Waals surface area (Å²) in [6.07, 6.45) is 0. The monoisotopic (exact) mass is 361 g/mol. The third kappa shape index (κ3) is 4.88. The average Bonchev–Trinajstić information content (AvgIpc) is 2.52. The van der Waals surface area contributed by atoms with Crippen LogP contribution in [0.15, 0.2) is 53.0 Å². The van der Waals surface area contributed by atoms with E-state index in [1.165, 1.54) is 5.56 Å². The van der Waals surface area contributed by atoms with Gasteiger partial charge in [0.1, 0.15) is 5.75 Å². The molecule has 0 bridgehead atoms. The fourth-order valence-electron chi connectivity index (χ4n) is 1.98. The highest BCUT2D eigenvalue weighted by Gasteiger charge is 2.08. The first-order valence-corrected chi connectivity index (χ1v) is 8.08. The molecule has 1 amide bonds. The molecule has 0 heterocycles. The Morgan fingerprint density at radius 2 is 1.91 bits per heavy atom. The van der Waals surface area contributed by atoms with Crippen LogP contribution < -0.4 is 10.1 Å². The highest BCUT2D eigenvalue weighted by atomic mass is 79.9. The van der Waals surface area contributed by atoms with Crippen molar-refractivity contribution in [2.45, 2.75) is 26.3 Å². The predicted molar refractivity (Wildman–Crippen MR) is 92.0 cm³/mol. The fraction of sp³-hybridized carbons (Fsp3) is 0.278. The number of benzene rings is 2. The SMILES string of the molecule is CC(C)c1ccc(OCC(=O)NCc2ccccc2)c(Br)c1. The van der Waals surface area contributed by atoms with Crippen molar-refractivity contribution < 1.29 is 9.53 Å². The van der Waals surface area contributed by atoms with E-state index in [0.717, 1.165) is 10.0 Å². The lowest BCUT2D eigenvalue weighted by Crippen LogP contribution is -2.28. The van der Waals surface area contributed by atoms with Gasteiger partial charge in [-0.2, -0.15) is 0 Å². The van der Waals surface area contributed by atoms with Crippen molar-refractivity contribution in [1.29, 1.82) is 0 Å². The van der Waals surface area contributed by atoms with Gasteiger partial charge in [-0.1, -0.05) is 50.2 Å². The van der Waals surface area contributed by atoms with Gasteiger partial charge in [0.2, 0.25) is 0 Å². The Kier molecular flexibility index (Phi) is 6.01. The minimum absolute atomic E-state index is 0.00641. The highest BCUT2D eigenvalue weighted by molar-refractivity contribution is 9.10. The molecular formula is C18H20BrNO2. The molecule has 0 fully saturated rings. The number of nitrogens with one attached hydrogen (secondary N) is 1. The van der Waals surface area contributed by atoms with Crippen LogP contribution in [0.1, 0.15) is 30.9 Å². The van der Waals surface area contributed by atoms with E-state index in [2.05, 4.69) is 35.1 Å². The summed E-state index contributed by atoms with van der Waals surface area (Å²) in [7, 11) is 0. The van der Waals surface area contributed by atoms with Crippen LogP contribution in [-0.4, -0.2) is 12.5 Å². The normalized spacial score (nSPS) is 10.5. The summed E-state index contributed by atoms with van der Waals surface area (Å²) in [4.78, 5) is 11.8. The van der Waals surface area contributed by atoms with Crippen LogP contribution in [0.5, 0.6) is 5.75 Å². The van der Waals surface area contributed by atoms with E-state index in [-0.39, 0.29) is 12.5 Å². The Morgan fingerprint density at radius 1 is 1.18 bits per heavy atom. The van der Waals surface area contributed by atoms with Crippen LogP contribution in [0, 0.1) is 0 Å². The quantitative estimate of drug-likeness (QED) is 0.834. The molecule has 1 N–H and O–H groups in total. The van der Waals surface area contributed by atoms with Gasteiger partial charge < -0.3 is 10.1 Å². The lowest BCUT2D eigenvalue weighted by Gasteiger charge is -2.11. The van der Waals surface area contributed by atoms with Crippen LogP contribution in [0.4, 0.5) is 0 Å². The van der Waals surface area contributed by atoms with E-state index in [4.69, 9.17) is 4.74 Å². The van der Waals surface area contributed by atoms with Gasteiger partial charge in [-0.3, -0.25) is 4.79 Å². The lowest BCUT2D eigenvalue weighted by molar-refractivity contribution is -0.123. The number of carbonyl (C=O) groups is 1. The zero-order chi connectivity index (χ0) is 15.9. The molecule has 0 spiro atoms. The van der Waals surface area contributed by atoms with Gasteiger partial charge in [0, 0.05) is 6.54 Å². The molecule has 22 heavy (non-hydrogen) atoms. The first kappa shape index (κ1) is 16.6. The van der Waals surface area contributed by atoms with E-state index in [0.29, 0.717) is 18.2 Å². The maximum absolute atomic E-state index is 11.8. The van der Waals surface area contributed by atoms with Crippen molar-refractivity contribution >= 4 is 21.8 Å². The van der Waals surface area contributed by atoms with Gasteiger partial charge in [-0.05, 0) is 45.1 Å². The molecule has 3 nitrogen and oxygen atoms in total. The van der Waals surface area contributed by atoms with Crippen LogP contribution in [0.3, 0.4) is 0 Å². The number of hydrogen-bond acceptors (Lipinski definition) is 2. The maximum atomic E-state index is 11.8. The van der Waals surface area contributed by atoms with E-state index in [1.54, 1.807) is 0 Å². The van der Waals surface area contributed by atoms with Gasteiger partial charge in [0.05, 0.1) is 4.47 Å². The summed E-state index contributed by atoms with van der Waals surface area (Å²) in [5, 5.41) is 2.84. The molecule has 0 saturated carbocycles. The molecule has 2 aromatic carbocycles. The number of halogens is 1. The van der Waals surface area contributed by atoms with Crippen molar-refractivity contribution in [2.75, 3.05) is 6.61 Å². The van der Waals surface area contributed by atoms with Gasteiger partial charge in [0.15, 0.2) is 6.61 Å². The molecule has 0 aliphatic heterocycles. The Labute approximate surface area is 139 Å². The topological polar surface area (TPSA) is 38.3 Å². The standard InChI is InChI=1S/C18H20BrNO2/c1-13(2)15-8-9-17(16(19)10-15)22-12-18(21)20-11-14-6-4-3-5-7-14/h3-10,13H,11-12H2,1-2H3,(H,20,21). The summed E-state index contributed by atoms with van der Waals surface area (Å²) in [6.45, 7) is 4.79. The van der Waals surface area contributed by atoms with Gasteiger partial charge in [0.25, 0.3) is 5.91 Å². The summed E-state index contributed by atoms with van der Waals surface area (Å²) in [5.74, 6) is 1.00. The van der Waals surface area contributed by atoms with Crippen LogP contribution in [-0.2, 0) is 11.3 Å². The molecule has 0 aliphatic rings. The third-order valence-corrected chi connectivity index (χ3v) is 3.93. The van der Waals surface area contributed by atoms with Crippen LogP contribution in [0.25, 0.3) is 0 Å². The largest absolute Gasteiger partial charge is 0.483 e. The van der Waals surface area contributed by atoms with E-state index < -0.39 is 0 Å². The molecule has 0 radical (unpaired) electrons. The maximum Gasteiger partial charge on any atom is 0.258 e. The van der Waals surface area contributed by atoms with E-state index >= 15 is 0 Å². The molecule has 0 aliphatic carbocycles. The van der Waals surface area contributed by atoms with Crippen molar-refractivity contribution in [3.63, 3.8) is 0 Å². The number of rotatable bonds is 6. The zero-order valence-electron chi connectivity index (χ0n) is 12.8. The molecule has 116 valence electrons. The van der Waals surface area contributed by atoms with Gasteiger partial charge >= 0.3 is 0 Å². The first-order chi connectivity index (χ1) is 10.6. The minimum Gasteiger partial charge on any atom is -0.483 e. The van der Waals surface area contributed by atoms with Gasteiger partial charge in [-0.25, -0.2) is 0 Å². The summed E-state index contributed by atoms with van der Waals surface area (Å²) >= 11 is 3.48. The summed E-state index contributed by atoms with van der Waals surface area (Å²) in [5.41, 5.74) is 2.30. The van der Waals surface area contributed by atoms with E-state index in [9.17, 15) is 4.79 Å². The average molecular weight is 362 g/mol. The van der Waals surface area contributed by atoms with Gasteiger partial charge in [-0.15, -0.1) is 0 Å². The molecule has 0 aromatic heterocycles. The Hall–Kier alpha value is -1.81. The fourth-order valence-corrected chi connectivity index (χ4v) is 2.50.